The number of nitrogens with zero attached hydrogens (tertiary/aromatic N) is 4. The highest BCUT2D eigenvalue weighted by molar-refractivity contribution is 5.73. The molecule has 3 rings (SSSR count). The third-order valence-electron chi connectivity index (χ3n) is 4.25. The molecule has 1 atom stereocenters. The summed E-state index contributed by atoms with van der Waals surface area (Å²) >= 11 is 0. The van der Waals surface area contributed by atoms with E-state index in [1.54, 1.807) is 19.0 Å². The Morgan fingerprint density at radius 2 is 2.00 bits per heavy atom. The average molecular weight is 294 g/mol. The van der Waals surface area contributed by atoms with Gasteiger partial charge in [0.2, 0.25) is 5.89 Å². The van der Waals surface area contributed by atoms with E-state index in [-0.39, 0.29) is 17.9 Å². The van der Waals surface area contributed by atoms with Crippen molar-refractivity contribution in [1.29, 1.82) is 0 Å². The molecule has 2 saturated heterocycles. The highest BCUT2D eigenvalue weighted by Gasteiger charge is 2.30. The lowest BCUT2D eigenvalue weighted by Gasteiger charge is -2.32. The standard InChI is InChI=1S/C14H22N4O3/c1-17(2)14(19)18-6-3-10(4-7-18)13-15-12(16-21-13)11-5-8-20-9-11/h10-11H,3-9H2,1-2H3/t11-/m0/s1. The van der Waals surface area contributed by atoms with Gasteiger partial charge < -0.3 is 19.1 Å². The van der Waals surface area contributed by atoms with Crippen molar-refractivity contribution in [2.24, 2.45) is 0 Å². The third-order valence-corrected chi connectivity index (χ3v) is 4.25. The van der Waals surface area contributed by atoms with Gasteiger partial charge in [-0.15, -0.1) is 0 Å². The molecule has 0 spiro atoms. The molecule has 0 aromatic carbocycles. The van der Waals surface area contributed by atoms with Crippen LogP contribution in [0.1, 0.15) is 42.8 Å². The Hall–Kier alpha value is -1.63. The van der Waals surface area contributed by atoms with Crippen molar-refractivity contribution in [1.82, 2.24) is 19.9 Å². The summed E-state index contributed by atoms with van der Waals surface area (Å²) in [7, 11) is 3.56. The number of hydrogen-bond donors (Lipinski definition) is 0. The van der Waals surface area contributed by atoms with Gasteiger partial charge in [-0.05, 0) is 19.3 Å². The lowest BCUT2D eigenvalue weighted by Crippen LogP contribution is -2.43. The maximum Gasteiger partial charge on any atom is 0.319 e. The van der Waals surface area contributed by atoms with E-state index in [1.165, 1.54) is 0 Å². The van der Waals surface area contributed by atoms with Gasteiger partial charge in [-0.2, -0.15) is 4.98 Å². The van der Waals surface area contributed by atoms with Gasteiger partial charge in [0.15, 0.2) is 5.82 Å². The molecule has 0 unspecified atom stereocenters. The van der Waals surface area contributed by atoms with Crippen LogP contribution in [-0.2, 0) is 4.74 Å². The highest BCUT2D eigenvalue weighted by Crippen LogP contribution is 2.29. The first-order valence-electron chi connectivity index (χ1n) is 7.52. The lowest BCUT2D eigenvalue weighted by molar-refractivity contribution is 0.152. The quantitative estimate of drug-likeness (QED) is 0.825. The predicted octanol–water partition coefficient (Wildman–Crippen LogP) is 1.43. The Morgan fingerprint density at radius 1 is 1.24 bits per heavy atom. The molecule has 2 aliphatic heterocycles. The van der Waals surface area contributed by atoms with E-state index in [4.69, 9.17) is 9.26 Å². The second kappa shape index (κ2) is 6.01. The molecule has 0 radical (unpaired) electrons. The fourth-order valence-electron chi connectivity index (χ4n) is 2.92. The first-order valence-corrected chi connectivity index (χ1v) is 7.52. The van der Waals surface area contributed by atoms with Crippen LogP contribution in [0.15, 0.2) is 4.52 Å². The molecule has 0 N–H and O–H groups in total. The number of ether oxygens (including phenoxy) is 1. The zero-order valence-electron chi connectivity index (χ0n) is 12.6. The molecule has 1 aromatic rings. The summed E-state index contributed by atoms with van der Waals surface area (Å²) in [5, 5.41) is 4.10. The maximum atomic E-state index is 11.9. The number of carbonyl (C=O) groups excluding carboxylic acids is 1. The summed E-state index contributed by atoms with van der Waals surface area (Å²) in [6.07, 6.45) is 2.72. The van der Waals surface area contributed by atoms with Crippen LogP contribution < -0.4 is 0 Å². The van der Waals surface area contributed by atoms with Crippen LogP contribution in [0.5, 0.6) is 0 Å². The molecule has 1 aromatic heterocycles. The molecule has 3 heterocycles. The minimum Gasteiger partial charge on any atom is -0.381 e. The van der Waals surface area contributed by atoms with E-state index in [2.05, 4.69) is 10.1 Å². The Balaban J connectivity index is 1.58. The molecule has 116 valence electrons. The number of hydrogen-bond acceptors (Lipinski definition) is 5. The van der Waals surface area contributed by atoms with Crippen molar-refractivity contribution in [3.63, 3.8) is 0 Å². The van der Waals surface area contributed by atoms with E-state index in [1.807, 2.05) is 4.90 Å². The zero-order valence-corrected chi connectivity index (χ0v) is 12.6. The van der Waals surface area contributed by atoms with Crippen molar-refractivity contribution in [2.45, 2.75) is 31.1 Å². The fraction of sp³-hybridized carbons (Fsp3) is 0.786. The molecular weight excluding hydrogens is 272 g/mol. The minimum absolute atomic E-state index is 0.0720. The molecular formula is C14H22N4O3. The minimum atomic E-state index is 0.0720. The number of amides is 2. The maximum absolute atomic E-state index is 11.9. The average Bonchev–Trinajstić information content (AvgIpc) is 3.17. The summed E-state index contributed by atoms with van der Waals surface area (Å²) in [5.74, 6) is 2.03. The molecule has 2 fully saturated rings. The Labute approximate surface area is 124 Å². The van der Waals surface area contributed by atoms with Crippen LogP contribution in [0, 0.1) is 0 Å². The zero-order chi connectivity index (χ0) is 14.8. The van der Waals surface area contributed by atoms with Gasteiger partial charge >= 0.3 is 6.03 Å². The van der Waals surface area contributed by atoms with E-state index >= 15 is 0 Å². The number of urea groups is 1. The van der Waals surface area contributed by atoms with Gasteiger partial charge in [0.1, 0.15) is 0 Å². The van der Waals surface area contributed by atoms with Gasteiger partial charge in [0.05, 0.1) is 6.61 Å². The SMILES string of the molecule is CN(C)C(=O)N1CCC(c2nc([C@H]3CCOC3)no2)CC1. The van der Waals surface area contributed by atoms with Crippen LogP contribution >= 0.6 is 0 Å². The number of likely N-dealkylation sites (tertiary alicyclic amines) is 1. The smallest absolute Gasteiger partial charge is 0.319 e. The van der Waals surface area contributed by atoms with Crippen LogP contribution in [0.3, 0.4) is 0 Å². The number of piperidine rings is 1. The van der Waals surface area contributed by atoms with Gasteiger partial charge in [0.25, 0.3) is 0 Å². The van der Waals surface area contributed by atoms with Crippen LogP contribution in [0.25, 0.3) is 0 Å². The predicted molar refractivity (Wildman–Crippen MR) is 75.1 cm³/mol. The molecule has 0 saturated carbocycles. The molecule has 7 heteroatoms. The summed E-state index contributed by atoms with van der Waals surface area (Å²) in [6, 6.07) is 0.0720. The van der Waals surface area contributed by atoms with Crippen LogP contribution in [0.2, 0.25) is 0 Å². The number of rotatable bonds is 2. The second-order valence-corrected chi connectivity index (χ2v) is 5.99. The summed E-state index contributed by atoms with van der Waals surface area (Å²) in [4.78, 5) is 19.9. The van der Waals surface area contributed by atoms with E-state index in [9.17, 15) is 4.79 Å². The van der Waals surface area contributed by atoms with Crippen LogP contribution in [0.4, 0.5) is 4.79 Å². The molecule has 21 heavy (non-hydrogen) atoms. The van der Waals surface area contributed by atoms with E-state index < -0.39 is 0 Å². The molecule has 7 nitrogen and oxygen atoms in total. The van der Waals surface area contributed by atoms with Crippen molar-refractivity contribution in [2.75, 3.05) is 40.4 Å². The number of aromatic nitrogens is 2. The molecule has 2 aliphatic rings. The van der Waals surface area contributed by atoms with Crippen molar-refractivity contribution >= 4 is 6.03 Å². The Morgan fingerprint density at radius 3 is 2.62 bits per heavy atom. The summed E-state index contributed by atoms with van der Waals surface area (Å²) < 4.78 is 10.8. The summed E-state index contributed by atoms with van der Waals surface area (Å²) in [5.41, 5.74) is 0. The Bertz CT molecular complexity index is 488. The van der Waals surface area contributed by atoms with Crippen LogP contribution in [-0.4, -0.2) is 66.4 Å². The topological polar surface area (TPSA) is 71.7 Å². The van der Waals surface area contributed by atoms with Gasteiger partial charge in [-0.1, -0.05) is 5.16 Å². The highest BCUT2D eigenvalue weighted by atomic mass is 16.5. The Kier molecular flexibility index (Phi) is 4.10. The van der Waals surface area contributed by atoms with Crippen molar-refractivity contribution in [3.05, 3.63) is 11.7 Å². The van der Waals surface area contributed by atoms with E-state index in [0.717, 1.165) is 44.8 Å². The first kappa shape index (κ1) is 14.3. The second-order valence-electron chi connectivity index (χ2n) is 5.99. The molecule has 0 aliphatic carbocycles. The van der Waals surface area contributed by atoms with Gasteiger partial charge in [0, 0.05) is 45.6 Å². The number of carbonyl (C=O) groups is 1. The largest absolute Gasteiger partial charge is 0.381 e. The lowest BCUT2D eigenvalue weighted by atomic mass is 9.97. The van der Waals surface area contributed by atoms with Gasteiger partial charge in [-0.25, -0.2) is 4.79 Å². The molecule has 2 amide bonds. The normalized spacial score (nSPS) is 23.5. The van der Waals surface area contributed by atoms with Crippen molar-refractivity contribution in [3.8, 4) is 0 Å². The van der Waals surface area contributed by atoms with E-state index in [0.29, 0.717) is 12.5 Å². The third kappa shape index (κ3) is 3.02. The van der Waals surface area contributed by atoms with Gasteiger partial charge in [-0.3, -0.25) is 0 Å². The first-order chi connectivity index (χ1) is 10.1. The van der Waals surface area contributed by atoms with Crippen molar-refractivity contribution < 1.29 is 14.1 Å². The summed E-state index contributed by atoms with van der Waals surface area (Å²) in [6.45, 7) is 2.95. The fourth-order valence-corrected chi connectivity index (χ4v) is 2.92. The molecule has 0 bridgehead atoms. The monoisotopic (exact) mass is 294 g/mol.